The molecule has 0 unspecified atom stereocenters. The van der Waals surface area contributed by atoms with Gasteiger partial charge in [0.05, 0.1) is 11.9 Å². The predicted octanol–water partition coefficient (Wildman–Crippen LogP) is 1.42. The lowest BCUT2D eigenvalue weighted by atomic mass is 9.96. The van der Waals surface area contributed by atoms with Crippen molar-refractivity contribution in [2.45, 2.75) is 39.2 Å². The number of anilines is 2. The van der Waals surface area contributed by atoms with E-state index in [2.05, 4.69) is 38.8 Å². The lowest BCUT2D eigenvalue weighted by Crippen LogP contribution is -2.50. The van der Waals surface area contributed by atoms with Crippen molar-refractivity contribution in [1.82, 2.24) is 20.1 Å². The summed E-state index contributed by atoms with van der Waals surface area (Å²) in [6.07, 6.45) is 5.15. The Morgan fingerprint density at radius 1 is 1.19 bits per heavy atom. The standard InChI is InChI=1S/C23H38N6O2/c1-19(2)27-14-12-26(13-15-27)17-20-6-9-28(10-7-20)22-5-4-21(16-25-22)29(18-30)11-8-23(31)24-3/h4-5,16,18-20H,6-15,17H2,1-3H3,(H,24,31). The van der Waals surface area contributed by atoms with Gasteiger partial charge in [-0.1, -0.05) is 0 Å². The summed E-state index contributed by atoms with van der Waals surface area (Å²) in [5.74, 6) is 1.64. The van der Waals surface area contributed by atoms with Crippen LogP contribution in [0.5, 0.6) is 0 Å². The van der Waals surface area contributed by atoms with Crippen molar-refractivity contribution in [2.24, 2.45) is 5.92 Å². The van der Waals surface area contributed by atoms with Gasteiger partial charge in [0.15, 0.2) is 0 Å². The number of hydrogen-bond donors (Lipinski definition) is 1. The van der Waals surface area contributed by atoms with Crippen LogP contribution in [-0.2, 0) is 9.59 Å². The highest BCUT2D eigenvalue weighted by Crippen LogP contribution is 2.24. The van der Waals surface area contributed by atoms with E-state index < -0.39 is 0 Å². The SMILES string of the molecule is CNC(=O)CCN(C=O)c1ccc(N2CCC(CN3CCN(C(C)C)CC3)CC2)nc1. The summed E-state index contributed by atoms with van der Waals surface area (Å²) in [5, 5.41) is 2.57. The highest BCUT2D eigenvalue weighted by molar-refractivity contribution is 5.79. The number of aromatic nitrogens is 1. The fourth-order valence-electron chi connectivity index (χ4n) is 4.50. The Balaban J connectivity index is 1.44. The van der Waals surface area contributed by atoms with E-state index in [-0.39, 0.29) is 12.3 Å². The molecule has 172 valence electrons. The van der Waals surface area contributed by atoms with Gasteiger partial charge in [0, 0.05) is 71.9 Å². The molecule has 1 aromatic rings. The monoisotopic (exact) mass is 430 g/mol. The zero-order valence-corrected chi connectivity index (χ0v) is 19.3. The van der Waals surface area contributed by atoms with Gasteiger partial charge in [-0.3, -0.25) is 14.5 Å². The minimum atomic E-state index is -0.0823. The molecule has 31 heavy (non-hydrogen) atoms. The maximum Gasteiger partial charge on any atom is 0.221 e. The fourth-order valence-corrected chi connectivity index (χ4v) is 4.50. The summed E-state index contributed by atoms with van der Waals surface area (Å²) in [4.78, 5) is 36.5. The first kappa shape index (κ1) is 23.5. The molecule has 0 saturated carbocycles. The highest BCUT2D eigenvalue weighted by Gasteiger charge is 2.25. The number of nitrogens with one attached hydrogen (secondary N) is 1. The fraction of sp³-hybridized carbons (Fsp3) is 0.696. The summed E-state index contributed by atoms with van der Waals surface area (Å²) < 4.78 is 0. The van der Waals surface area contributed by atoms with E-state index in [1.54, 1.807) is 13.2 Å². The lowest BCUT2D eigenvalue weighted by molar-refractivity contribution is -0.120. The summed E-state index contributed by atoms with van der Waals surface area (Å²) in [5.41, 5.74) is 0.720. The molecule has 0 aromatic carbocycles. The van der Waals surface area contributed by atoms with Gasteiger partial charge in [-0.2, -0.15) is 0 Å². The molecular formula is C23H38N6O2. The summed E-state index contributed by atoms with van der Waals surface area (Å²) in [7, 11) is 1.60. The second kappa shape index (κ2) is 11.4. The third kappa shape index (κ3) is 6.64. The lowest BCUT2D eigenvalue weighted by Gasteiger charge is -2.40. The van der Waals surface area contributed by atoms with E-state index in [0.29, 0.717) is 12.6 Å². The Hall–Kier alpha value is -2.19. The molecule has 1 N–H and O–H groups in total. The van der Waals surface area contributed by atoms with Crippen LogP contribution in [0.4, 0.5) is 11.5 Å². The largest absolute Gasteiger partial charge is 0.359 e. The van der Waals surface area contributed by atoms with Gasteiger partial charge in [-0.25, -0.2) is 4.98 Å². The van der Waals surface area contributed by atoms with Crippen LogP contribution < -0.4 is 15.1 Å². The Labute approximate surface area is 186 Å². The molecule has 2 fully saturated rings. The van der Waals surface area contributed by atoms with Crippen LogP contribution in [0.1, 0.15) is 33.1 Å². The summed E-state index contributed by atoms with van der Waals surface area (Å²) >= 11 is 0. The van der Waals surface area contributed by atoms with Crippen molar-refractivity contribution < 1.29 is 9.59 Å². The van der Waals surface area contributed by atoms with Crippen molar-refractivity contribution in [2.75, 3.05) is 69.2 Å². The summed E-state index contributed by atoms with van der Waals surface area (Å²) in [6.45, 7) is 12.9. The molecule has 8 nitrogen and oxygen atoms in total. The predicted molar refractivity (Wildman–Crippen MR) is 124 cm³/mol. The van der Waals surface area contributed by atoms with E-state index in [1.807, 2.05) is 12.1 Å². The minimum absolute atomic E-state index is 0.0823. The normalized spacial score (nSPS) is 18.9. The molecule has 2 saturated heterocycles. The molecule has 2 aliphatic heterocycles. The number of carbonyl (C=O) groups excluding carboxylic acids is 2. The molecule has 0 atom stereocenters. The molecule has 0 radical (unpaired) electrons. The van der Waals surface area contributed by atoms with E-state index in [1.165, 1.54) is 50.5 Å². The van der Waals surface area contributed by atoms with Crippen LogP contribution in [0.15, 0.2) is 18.3 Å². The Bertz CT molecular complexity index is 695. The average molecular weight is 431 g/mol. The van der Waals surface area contributed by atoms with Crippen LogP contribution in [0.25, 0.3) is 0 Å². The Morgan fingerprint density at radius 2 is 1.90 bits per heavy atom. The van der Waals surface area contributed by atoms with Crippen molar-refractivity contribution in [3.8, 4) is 0 Å². The van der Waals surface area contributed by atoms with Crippen molar-refractivity contribution in [3.05, 3.63) is 18.3 Å². The third-order valence-electron chi connectivity index (χ3n) is 6.64. The first-order valence-corrected chi connectivity index (χ1v) is 11.6. The van der Waals surface area contributed by atoms with E-state index in [9.17, 15) is 9.59 Å². The number of amides is 2. The van der Waals surface area contributed by atoms with Crippen LogP contribution in [-0.4, -0.2) is 92.5 Å². The minimum Gasteiger partial charge on any atom is -0.359 e. The van der Waals surface area contributed by atoms with Crippen LogP contribution in [0, 0.1) is 5.92 Å². The first-order chi connectivity index (χ1) is 15.0. The van der Waals surface area contributed by atoms with Gasteiger partial charge in [0.2, 0.25) is 12.3 Å². The molecule has 3 rings (SSSR count). The van der Waals surface area contributed by atoms with Gasteiger partial charge >= 0.3 is 0 Å². The highest BCUT2D eigenvalue weighted by atomic mass is 16.2. The molecule has 1 aromatic heterocycles. The summed E-state index contributed by atoms with van der Waals surface area (Å²) in [6, 6.07) is 4.55. The first-order valence-electron chi connectivity index (χ1n) is 11.6. The van der Waals surface area contributed by atoms with Gasteiger partial charge in [-0.15, -0.1) is 0 Å². The van der Waals surface area contributed by atoms with Crippen LogP contribution >= 0.6 is 0 Å². The topological polar surface area (TPSA) is 72.0 Å². The van der Waals surface area contributed by atoms with Crippen molar-refractivity contribution >= 4 is 23.8 Å². The zero-order valence-electron chi connectivity index (χ0n) is 19.3. The molecule has 2 amide bonds. The molecule has 0 spiro atoms. The maximum atomic E-state index is 11.4. The molecular weight excluding hydrogens is 392 g/mol. The Kier molecular flexibility index (Phi) is 8.66. The average Bonchev–Trinajstić information content (AvgIpc) is 2.80. The van der Waals surface area contributed by atoms with Gasteiger partial charge in [0.25, 0.3) is 0 Å². The number of rotatable bonds is 9. The van der Waals surface area contributed by atoms with Gasteiger partial charge < -0.3 is 20.0 Å². The Morgan fingerprint density at radius 3 is 2.45 bits per heavy atom. The van der Waals surface area contributed by atoms with Crippen molar-refractivity contribution in [3.63, 3.8) is 0 Å². The van der Waals surface area contributed by atoms with Gasteiger partial charge in [0.1, 0.15) is 5.82 Å². The molecule has 2 aliphatic rings. The zero-order chi connectivity index (χ0) is 22.2. The van der Waals surface area contributed by atoms with E-state index >= 15 is 0 Å². The van der Waals surface area contributed by atoms with Gasteiger partial charge in [-0.05, 0) is 44.7 Å². The van der Waals surface area contributed by atoms with Crippen molar-refractivity contribution in [1.29, 1.82) is 0 Å². The smallest absolute Gasteiger partial charge is 0.221 e. The third-order valence-corrected chi connectivity index (χ3v) is 6.64. The number of carbonyl (C=O) groups is 2. The second-order valence-corrected chi connectivity index (χ2v) is 8.96. The van der Waals surface area contributed by atoms with Crippen LogP contribution in [0.2, 0.25) is 0 Å². The quantitative estimate of drug-likeness (QED) is 0.598. The number of nitrogens with zero attached hydrogens (tertiary/aromatic N) is 5. The maximum absolute atomic E-state index is 11.4. The second-order valence-electron chi connectivity index (χ2n) is 8.96. The van der Waals surface area contributed by atoms with E-state index in [4.69, 9.17) is 0 Å². The molecule has 8 heteroatoms. The molecule has 0 bridgehead atoms. The number of piperidine rings is 1. The van der Waals surface area contributed by atoms with E-state index in [0.717, 1.165) is 36.9 Å². The number of hydrogen-bond acceptors (Lipinski definition) is 6. The number of piperazine rings is 1. The number of pyridine rings is 1. The van der Waals surface area contributed by atoms with Crippen LogP contribution in [0.3, 0.4) is 0 Å². The molecule has 0 aliphatic carbocycles. The molecule has 3 heterocycles.